The average Bonchev–Trinajstić information content (AvgIpc) is 2.54. The summed E-state index contributed by atoms with van der Waals surface area (Å²) in [5, 5.41) is 0.505. The van der Waals surface area contributed by atoms with Crippen molar-refractivity contribution in [1.82, 2.24) is 0 Å². The SMILES string of the molecule is Cc1ccc(S(=O)(=O)CCC(=O)O[C@@H](C)c2ccccc2Cl)cc1. The molecule has 0 unspecified atom stereocenters. The first-order chi connectivity index (χ1) is 11.3. The molecule has 4 nitrogen and oxygen atoms in total. The molecule has 0 aliphatic rings. The molecule has 0 heterocycles. The number of sulfone groups is 1. The molecule has 0 saturated heterocycles. The third kappa shape index (κ3) is 4.82. The van der Waals surface area contributed by atoms with E-state index < -0.39 is 21.9 Å². The van der Waals surface area contributed by atoms with Crippen molar-refractivity contribution in [2.75, 3.05) is 5.75 Å². The number of esters is 1. The summed E-state index contributed by atoms with van der Waals surface area (Å²) in [5.74, 6) is -0.859. The average molecular weight is 367 g/mol. The molecule has 0 radical (unpaired) electrons. The van der Waals surface area contributed by atoms with Gasteiger partial charge in [0.15, 0.2) is 9.84 Å². The molecular formula is C18H19ClO4S. The van der Waals surface area contributed by atoms with Gasteiger partial charge in [-0.2, -0.15) is 0 Å². The van der Waals surface area contributed by atoms with Gasteiger partial charge in [-0.1, -0.05) is 47.5 Å². The lowest BCUT2D eigenvalue weighted by atomic mass is 10.1. The van der Waals surface area contributed by atoms with E-state index >= 15 is 0 Å². The molecule has 2 aromatic rings. The third-order valence-electron chi connectivity index (χ3n) is 3.61. The first-order valence-corrected chi connectivity index (χ1v) is 9.56. The van der Waals surface area contributed by atoms with Gasteiger partial charge in [-0.3, -0.25) is 4.79 Å². The van der Waals surface area contributed by atoms with E-state index in [1.54, 1.807) is 55.5 Å². The van der Waals surface area contributed by atoms with Crippen LogP contribution in [0.2, 0.25) is 5.02 Å². The van der Waals surface area contributed by atoms with E-state index in [1.165, 1.54) is 0 Å². The van der Waals surface area contributed by atoms with Crippen molar-refractivity contribution in [3.63, 3.8) is 0 Å². The molecule has 0 fully saturated rings. The number of rotatable bonds is 6. The highest BCUT2D eigenvalue weighted by molar-refractivity contribution is 7.91. The largest absolute Gasteiger partial charge is 0.458 e. The maximum absolute atomic E-state index is 12.2. The Balaban J connectivity index is 1.95. The molecule has 6 heteroatoms. The summed E-state index contributed by atoms with van der Waals surface area (Å²) in [6.45, 7) is 3.58. The van der Waals surface area contributed by atoms with E-state index in [0.29, 0.717) is 10.6 Å². The first kappa shape index (κ1) is 18.5. The van der Waals surface area contributed by atoms with Gasteiger partial charge in [-0.25, -0.2) is 8.42 Å². The minimum Gasteiger partial charge on any atom is -0.458 e. The number of hydrogen-bond donors (Lipinski definition) is 0. The second-order valence-electron chi connectivity index (χ2n) is 5.54. The van der Waals surface area contributed by atoms with Crippen LogP contribution in [0.3, 0.4) is 0 Å². The van der Waals surface area contributed by atoms with Crippen LogP contribution in [0.15, 0.2) is 53.4 Å². The lowest BCUT2D eigenvalue weighted by Gasteiger charge is -2.15. The van der Waals surface area contributed by atoms with E-state index in [4.69, 9.17) is 16.3 Å². The molecule has 128 valence electrons. The first-order valence-electron chi connectivity index (χ1n) is 7.53. The van der Waals surface area contributed by atoms with Gasteiger partial charge in [-0.15, -0.1) is 0 Å². The minimum atomic E-state index is -3.51. The second kappa shape index (κ2) is 7.81. The van der Waals surface area contributed by atoms with Gasteiger partial charge >= 0.3 is 5.97 Å². The zero-order valence-corrected chi connectivity index (χ0v) is 15.1. The Labute approximate surface area is 147 Å². The zero-order valence-electron chi connectivity index (χ0n) is 13.5. The molecule has 24 heavy (non-hydrogen) atoms. The predicted octanol–water partition coefficient (Wildman–Crippen LogP) is 4.12. The van der Waals surface area contributed by atoms with Gasteiger partial charge < -0.3 is 4.74 Å². The van der Waals surface area contributed by atoms with Gasteiger partial charge in [0, 0.05) is 10.6 Å². The second-order valence-corrected chi connectivity index (χ2v) is 8.05. The fourth-order valence-electron chi connectivity index (χ4n) is 2.21. The quantitative estimate of drug-likeness (QED) is 0.721. The van der Waals surface area contributed by atoms with E-state index in [0.717, 1.165) is 5.56 Å². The highest BCUT2D eigenvalue weighted by Crippen LogP contribution is 2.25. The van der Waals surface area contributed by atoms with Crippen molar-refractivity contribution in [3.05, 3.63) is 64.7 Å². The van der Waals surface area contributed by atoms with Crippen molar-refractivity contribution in [2.45, 2.75) is 31.3 Å². The molecule has 0 aromatic heterocycles. The van der Waals surface area contributed by atoms with Crippen molar-refractivity contribution >= 4 is 27.4 Å². The molecule has 0 bridgehead atoms. The fourth-order valence-corrected chi connectivity index (χ4v) is 3.72. The third-order valence-corrected chi connectivity index (χ3v) is 5.68. The molecule has 2 rings (SSSR count). The molecule has 0 N–H and O–H groups in total. The number of carbonyl (C=O) groups is 1. The number of halogens is 1. The van der Waals surface area contributed by atoms with Crippen LogP contribution in [-0.2, 0) is 19.4 Å². The molecule has 0 saturated carbocycles. The van der Waals surface area contributed by atoms with Crippen LogP contribution < -0.4 is 0 Å². The van der Waals surface area contributed by atoms with Crippen LogP contribution in [0.25, 0.3) is 0 Å². The number of hydrogen-bond acceptors (Lipinski definition) is 4. The van der Waals surface area contributed by atoms with Crippen molar-refractivity contribution in [3.8, 4) is 0 Å². The molecule has 0 aliphatic carbocycles. The van der Waals surface area contributed by atoms with Crippen LogP contribution in [0.4, 0.5) is 0 Å². The van der Waals surface area contributed by atoms with Crippen LogP contribution in [0.5, 0.6) is 0 Å². The van der Waals surface area contributed by atoms with E-state index in [1.807, 2.05) is 6.92 Å². The number of carbonyl (C=O) groups excluding carboxylic acids is 1. The molecular weight excluding hydrogens is 348 g/mol. The van der Waals surface area contributed by atoms with Crippen LogP contribution in [0, 0.1) is 6.92 Å². The number of benzene rings is 2. The van der Waals surface area contributed by atoms with E-state index in [2.05, 4.69) is 0 Å². The summed E-state index contributed by atoms with van der Waals surface area (Å²) in [4.78, 5) is 12.1. The zero-order chi connectivity index (χ0) is 17.7. The maximum atomic E-state index is 12.2. The topological polar surface area (TPSA) is 60.4 Å². The minimum absolute atomic E-state index is 0.203. The Morgan fingerprint density at radius 1 is 1.12 bits per heavy atom. The monoisotopic (exact) mass is 366 g/mol. The van der Waals surface area contributed by atoms with Crippen molar-refractivity contribution < 1.29 is 17.9 Å². The van der Waals surface area contributed by atoms with Crippen LogP contribution >= 0.6 is 11.6 Å². The van der Waals surface area contributed by atoms with Crippen LogP contribution in [-0.4, -0.2) is 20.1 Å². The Morgan fingerprint density at radius 2 is 1.75 bits per heavy atom. The van der Waals surface area contributed by atoms with Crippen molar-refractivity contribution in [2.24, 2.45) is 0 Å². The molecule has 2 aromatic carbocycles. The summed E-state index contributed by atoms with van der Waals surface area (Å²) in [6.07, 6.45) is -0.737. The molecule has 0 amide bonds. The van der Waals surface area contributed by atoms with Gasteiger partial charge in [0.2, 0.25) is 0 Å². The summed E-state index contributed by atoms with van der Waals surface area (Å²) in [5.41, 5.74) is 1.66. The summed E-state index contributed by atoms with van der Waals surface area (Å²) < 4.78 is 29.7. The summed E-state index contributed by atoms with van der Waals surface area (Å²) >= 11 is 6.06. The van der Waals surface area contributed by atoms with Gasteiger partial charge in [0.05, 0.1) is 17.1 Å². The van der Waals surface area contributed by atoms with E-state index in [-0.39, 0.29) is 17.1 Å². The molecule has 1 atom stereocenters. The van der Waals surface area contributed by atoms with Gasteiger partial charge in [0.1, 0.15) is 6.10 Å². The Morgan fingerprint density at radius 3 is 2.38 bits per heavy atom. The fraction of sp³-hybridized carbons (Fsp3) is 0.278. The Bertz CT molecular complexity index is 813. The molecule has 0 aliphatic heterocycles. The summed E-state index contributed by atoms with van der Waals surface area (Å²) in [7, 11) is -3.51. The number of ether oxygens (including phenoxy) is 1. The Kier molecular flexibility index (Phi) is 6.02. The highest BCUT2D eigenvalue weighted by Gasteiger charge is 2.19. The van der Waals surface area contributed by atoms with E-state index in [9.17, 15) is 13.2 Å². The summed E-state index contributed by atoms with van der Waals surface area (Å²) in [6, 6.07) is 13.6. The van der Waals surface area contributed by atoms with Crippen LogP contribution in [0.1, 0.15) is 30.6 Å². The lowest BCUT2D eigenvalue weighted by molar-refractivity contribution is -0.148. The van der Waals surface area contributed by atoms with Gasteiger partial charge in [0.25, 0.3) is 0 Å². The smallest absolute Gasteiger partial charge is 0.307 e. The predicted molar refractivity (Wildman–Crippen MR) is 93.8 cm³/mol. The normalized spacial score (nSPS) is 12.6. The van der Waals surface area contributed by atoms with Crippen molar-refractivity contribution in [1.29, 1.82) is 0 Å². The molecule has 0 spiro atoms. The Hall–Kier alpha value is -1.85. The highest BCUT2D eigenvalue weighted by atomic mass is 35.5. The standard InChI is InChI=1S/C18H19ClO4S/c1-13-7-9-15(10-8-13)24(21,22)12-11-18(20)23-14(2)16-5-3-4-6-17(16)19/h3-10,14H,11-12H2,1-2H3/t14-/m0/s1. The number of aryl methyl sites for hydroxylation is 1. The lowest BCUT2D eigenvalue weighted by Crippen LogP contribution is -2.15. The van der Waals surface area contributed by atoms with Gasteiger partial charge in [-0.05, 0) is 32.0 Å². The maximum Gasteiger partial charge on any atom is 0.307 e.